The van der Waals surface area contributed by atoms with Gasteiger partial charge in [0.1, 0.15) is 17.3 Å². The van der Waals surface area contributed by atoms with E-state index in [-0.39, 0.29) is 0 Å². The van der Waals surface area contributed by atoms with Gasteiger partial charge in [-0.2, -0.15) is 0 Å². The number of furan rings is 1. The Hall–Kier alpha value is -2.52. The number of hydrogen-bond acceptors (Lipinski definition) is 3. The van der Waals surface area contributed by atoms with E-state index in [4.69, 9.17) is 20.8 Å². The van der Waals surface area contributed by atoms with Crippen molar-refractivity contribution in [1.82, 2.24) is 0 Å². The molecule has 1 aromatic heterocycles. The van der Waals surface area contributed by atoms with Crippen molar-refractivity contribution in [2.24, 2.45) is 0 Å². The summed E-state index contributed by atoms with van der Waals surface area (Å²) < 4.78 is 11.1. The van der Waals surface area contributed by atoms with Gasteiger partial charge in [-0.25, -0.2) is 0 Å². The van der Waals surface area contributed by atoms with E-state index >= 15 is 0 Å². The maximum Gasteiger partial charge on any atom is 0.185 e. The van der Waals surface area contributed by atoms with E-state index in [1.165, 1.54) is 0 Å². The summed E-state index contributed by atoms with van der Waals surface area (Å²) in [4.78, 5) is 10.6. The maximum atomic E-state index is 10.6. The Labute approximate surface area is 126 Å². The molecule has 3 nitrogen and oxygen atoms in total. The fourth-order valence-corrected chi connectivity index (χ4v) is 2.02. The van der Waals surface area contributed by atoms with E-state index in [0.29, 0.717) is 34.3 Å². The molecule has 0 atom stereocenters. The van der Waals surface area contributed by atoms with Gasteiger partial charge in [-0.05, 0) is 60.7 Å². The zero-order valence-electron chi connectivity index (χ0n) is 11.0. The van der Waals surface area contributed by atoms with Crippen molar-refractivity contribution < 1.29 is 13.9 Å². The smallest absolute Gasteiger partial charge is 0.185 e. The Balaban J connectivity index is 1.77. The molecule has 3 rings (SSSR count). The highest BCUT2D eigenvalue weighted by atomic mass is 35.5. The van der Waals surface area contributed by atoms with Crippen LogP contribution in [0.15, 0.2) is 65.1 Å². The summed E-state index contributed by atoms with van der Waals surface area (Å²) in [5.74, 6) is 2.39. The summed E-state index contributed by atoms with van der Waals surface area (Å²) in [5, 5.41) is 0.668. The van der Waals surface area contributed by atoms with Crippen LogP contribution in [-0.2, 0) is 0 Å². The first-order chi connectivity index (χ1) is 10.2. The minimum Gasteiger partial charge on any atom is -0.457 e. The second kappa shape index (κ2) is 5.85. The van der Waals surface area contributed by atoms with Gasteiger partial charge < -0.3 is 9.15 Å². The van der Waals surface area contributed by atoms with E-state index in [9.17, 15) is 4.79 Å². The van der Waals surface area contributed by atoms with Gasteiger partial charge in [0.25, 0.3) is 0 Å². The van der Waals surface area contributed by atoms with Crippen LogP contribution in [0.3, 0.4) is 0 Å². The average molecular weight is 299 g/mol. The normalized spacial score (nSPS) is 10.3. The number of carbonyl (C=O) groups is 1. The molecule has 2 aromatic carbocycles. The van der Waals surface area contributed by atoms with E-state index in [2.05, 4.69) is 0 Å². The molecule has 0 bridgehead atoms. The van der Waals surface area contributed by atoms with E-state index in [1.807, 2.05) is 24.3 Å². The molecule has 104 valence electrons. The Kier molecular flexibility index (Phi) is 3.75. The summed E-state index contributed by atoms with van der Waals surface area (Å²) in [6, 6.07) is 18.0. The van der Waals surface area contributed by atoms with Gasteiger partial charge in [0.15, 0.2) is 12.0 Å². The summed E-state index contributed by atoms with van der Waals surface area (Å²) in [6.07, 6.45) is 0.682. The molecule has 0 amide bonds. The third-order valence-electron chi connectivity index (χ3n) is 2.93. The molecule has 0 radical (unpaired) electrons. The van der Waals surface area contributed by atoms with Crippen LogP contribution in [-0.4, -0.2) is 6.29 Å². The zero-order valence-corrected chi connectivity index (χ0v) is 11.7. The van der Waals surface area contributed by atoms with Gasteiger partial charge in [0, 0.05) is 10.6 Å². The van der Waals surface area contributed by atoms with Crippen LogP contribution in [0.25, 0.3) is 11.3 Å². The van der Waals surface area contributed by atoms with Crippen LogP contribution < -0.4 is 4.74 Å². The molecule has 0 aliphatic carbocycles. The molecule has 21 heavy (non-hydrogen) atoms. The highest BCUT2D eigenvalue weighted by Gasteiger charge is 2.05. The van der Waals surface area contributed by atoms with Crippen LogP contribution >= 0.6 is 11.6 Å². The number of hydrogen-bond donors (Lipinski definition) is 0. The fourth-order valence-electron chi connectivity index (χ4n) is 1.90. The molecule has 0 saturated heterocycles. The van der Waals surface area contributed by atoms with E-state index < -0.39 is 0 Å². The molecule has 3 aromatic rings. The van der Waals surface area contributed by atoms with Crippen LogP contribution in [0.2, 0.25) is 5.02 Å². The first kappa shape index (κ1) is 13.5. The van der Waals surface area contributed by atoms with Gasteiger partial charge in [0.05, 0.1) is 0 Å². The number of halogens is 1. The van der Waals surface area contributed by atoms with Crippen LogP contribution in [0.5, 0.6) is 11.5 Å². The topological polar surface area (TPSA) is 39.4 Å². The second-order valence-electron chi connectivity index (χ2n) is 4.40. The van der Waals surface area contributed by atoms with Crippen LogP contribution in [0.1, 0.15) is 10.6 Å². The first-order valence-electron chi connectivity index (χ1n) is 6.33. The molecule has 0 spiro atoms. The fraction of sp³-hybridized carbons (Fsp3) is 0. The largest absolute Gasteiger partial charge is 0.457 e. The van der Waals surface area contributed by atoms with Crippen molar-refractivity contribution in [3.8, 4) is 22.8 Å². The molecule has 1 heterocycles. The molecule has 0 saturated carbocycles. The lowest BCUT2D eigenvalue weighted by Crippen LogP contribution is -1.83. The molecular formula is C17H11ClO3. The number of benzene rings is 2. The van der Waals surface area contributed by atoms with Crippen molar-refractivity contribution in [3.63, 3.8) is 0 Å². The molecular weight excluding hydrogens is 288 g/mol. The summed E-state index contributed by atoms with van der Waals surface area (Å²) >= 11 is 5.83. The highest BCUT2D eigenvalue weighted by molar-refractivity contribution is 6.30. The van der Waals surface area contributed by atoms with Gasteiger partial charge in [-0.3, -0.25) is 4.79 Å². The van der Waals surface area contributed by atoms with Crippen molar-refractivity contribution in [2.75, 3.05) is 0 Å². The van der Waals surface area contributed by atoms with Gasteiger partial charge in [0.2, 0.25) is 0 Å². The van der Waals surface area contributed by atoms with Gasteiger partial charge >= 0.3 is 0 Å². The van der Waals surface area contributed by atoms with Crippen molar-refractivity contribution in [3.05, 3.63) is 71.4 Å². The molecule has 4 heteroatoms. The quantitative estimate of drug-likeness (QED) is 0.621. The lowest BCUT2D eigenvalue weighted by molar-refractivity contribution is 0.110. The van der Waals surface area contributed by atoms with Crippen molar-refractivity contribution in [2.45, 2.75) is 0 Å². The number of carbonyl (C=O) groups excluding carboxylic acids is 1. The predicted octanol–water partition coefficient (Wildman–Crippen LogP) is 5.20. The Morgan fingerprint density at radius 1 is 0.857 bits per heavy atom. The standard InChI is InChI=1S/C17H11ClO3/c18-13-3-7-15(8-4-13)20-14-5-1-12(2-6-14)17-10-9-16(11-19)21-17/h1-11H. The minimum absolute atomic E-state index is 0.312. The van der Waals surface area contributed by atoms with Crippen LogP contribution in [0, 0.1) is 0 Å². The third kappa shape index (κ3) is 3.15. The van der Waals surface area contributed by atoms with E-state index in [1.54, 1.807) is 36.4 Å². The predicted molar refractivity (Wildman–Crippen MR) is 81.1 cm³/mol. The monoisotopic (exact) mass is 298 g/mol. The second-order valence-corrected chi connectivity index (χ2v) is 4.84. The van der Waals surface area contributed by atoms with Gasteiger partial charge in [-0.1, -0.05) is 11.6 Å². The molecule has 0 aliphatic heterocycles. The molecule has 0 aliphatic rings. The van der Waals surface area contributed by atoms with E-state index in [0.717, 1.165) is 5.56 Å². The summed E-state index contributed by atoms with van der Waals surface area (Å²) in [7, 11) is 0. The Morgan fingerprint density at radius 2 is 1.48 bits per heavy atom. The van der Waals surface area contributed by atoms with Crippen LogP contribution in [0.4, 0.5) is 0 Å². The van der Waals surface area contributed by atoms with Crippen molar-refractivity contribution >= 4 is 17.9 Å². The number of ether oxygens (including phenoxy) is 1. The molecule has 0 fully saturated rings. The lowest BCUT2D eigenvalue weighted by Gasteiger charge is -2.06. The summed E-state index contributed by atoms with van der Waals surface area (Å²) in [6.45, 7) is 0. The Bertz CT molecular complexity index is 742. The average Bonchev–Trinajstić information content (AvgIpc) is 2.99. The first-order valence-corrected chi connectivity index (χ1v) is 6.71. The summed E-state index contributed by atoms with van der Waals surface area (Å²) in [5.41, 5.74) is 0.881. The number of rotatable bonds is 4. The van der Waals surface area contributed by atoms with Gasteiger partial charge in [-0.15, -0.1) is 0 Å². The van der Waals surface area contributed by atoms with Crippen molar-refractivity contribution in [1.29, 1.82) is 0 Å². The zero-order chi connectivity index (χ0) is 14.7. The maximum absolute atomic E-state index is 10.6. The third-order valence-corrected chi connectivity index (χ3v) is 3.18. The molecule has 0 N–H and O–H groups in total. The lowest BCUT2D eigenvalue weighted by atomic mass is 10.2. The number of aldehydes is 1. The highest BCUT2D eigenvalue weighted by Crippen LogP contribution is 2.27. The Morgan fingerprint density at radius 3 is 2.05 bits per heavy atom. The molecule has 0 unspecified atom stereocenters. The SMILES string of the molecule is O=Cc1ccc(-c2ccc(Oc3ccc(Cl)cc3)cc2)o1. The minimum atomic E-state index is 0.312.